The van der Waals surface area contributed by atoms with Gasteiger partial charge in [-0.05, 0) is 51.5 Å². The number of amides is 1. The van der Waals surface area contributed by atoms with E-state index >= 15 is 0 Å². The van der Waals surface area contributed by atoms with E-state index in [0.29, 0.717) is 23.1 Å². The third kappa shape index (κ3) is 8.15. The molecule has 118 valence electrons. The van der Waals surface area contributed by atoms with Crippen LogP contribution >= 0.6 is 23.2 Å². The number of rotatable bonds is 5. The second-order valence-corrected chi connectivity index (χ2v) is 6.82. The molecule has 0 aliphatic heterocycles. The molecule has 0 heterocycles. The van der Waals surface area contributed by atoms with E-state index in [2.05, 4.69) is 10.6 Å². The lowest BCUT2D eigenvalue weighted by Crippen LogP contribution is -2.41. The molecule has 1 rings (SSSR count). The summed E-state index contributed by atoms with van der Waals surface area (Å²) in [6, 6.07) is 5.50. The maximum Gasteiger partial charge on any atom is 0.407 e. The minimum absolute atomic E-state index is 0.0928. The van der Waals surface area contributed by atoms with Crippen molar-refractivity contribution in [1.82, 2.24) is 10.6 Å². The monoisotopic (exact) mass is 332 g/mol. The Hall–Kier alpha value is -0.970. The second-order valence-electron chi connectivity index (χ2n) is 5.94. The van der Waals surface area contributed by atoms with Crippen molar-refractivity contribution < 1.29 is 9.53 Å². The summed E-state index contributed by atoms with van der Waals surface area (Å²) in [5.41, 5.74) is 0.509. The molecule has 1 unspecified atom stereocenters. The fourth-order valence-corrected chi connectivity index (χ4v) is 2.20. The predicted octanol–water partition coefficient (Wildman–Crippen LogP) is 4.00. The first-order chi connectivity index (χ1) is 9.65. The Morgan fingerprint density at radius 2 is 1.81 bits per heavy atom. The third-order valence-corrected chi connectivity index (χ3v) is 2.96. The van der Waals surface area contributed by atoms with Crippen LogP contribution < -0.4 is 10.6 Å². The van der Waals surface area contributed by atoms with Crippen molar-refractivity contribution >= 4 is 29.3 Å². The zero-order valence-electron chi connectivity index (χ0n) is 12.8. The van der Waals surface area contributed by atoms with Crippen LogP contribution in [0.25, 0.3) is 0 Å². The van der Waals surface area contributed by atoms with Crippen molar-refractivity contribution in [2.75, 3.05) is 6.54 Å². The van der Waals surface area contributed by atoms with Gasteiger partial charge in [-0.3, -0.25) is 0 Å². The number of benzene rings is 1. The van der Waals surface area contributed by atoms with Gasteiger partial charge in [0.1, 0.15) is 5.60 Å². The molecule has 0 saturated carbocycles. The summed E-state index contributed by atoms with van der Waals surface area (Å²) in [5, 5.41) is 7.23. The minimum atomic E-state index is -0.488. The lowest BCUT2D eigenvalue weighted by molar-refractivity contribution is 0.0523. The molecule has 0 aliphatic rings. The molecule has 1 amide bonds. The molecule has 6 heteroatoms. The Morgan fingerprint density at radius 3 is 2.33 bits per heavy atom. The van der Waals surface area contributed by atoms with Crippen LogP contribution in [0, 0.1) is 0 Å². The van der Waals surface area contributed by atoms with Gasteiger partial charge < -0.3 is 15.4 Å². The van der Waals surface area contributed by atoms with Crippen LogP contribution in [0.1, 0.15) is 33.3 Å². The molecule has 1 atom stereocenters. The quantitative estimate of drug-likeness (QED) is 0.856. The molecular formula is C15H22Cl2N2O2. The number of carbonyl (C=O) groups is 1. The van der Waals surface area contributed by atoms with Crippen molar-refractivity contribution in [2.45, 2.75) is 45.9 Å². The van der Waals surface area contributed by atoms with E-state index in [4.69, 9.17) is 27.9 Å². The van der Waals surface area contributed by atoms with Gasteiger partial charge in [0.25, 0.3) is 0 Å². The van der Waals surface area contributed by atoms with Crippen LogP contribution in [-0.2, 0) is 11.3 Å². The van der Waals surface area contributed by atoms with Crippen LogP contribution in [0.3, 0.4) is 0 Å². The number of carbonyl (C=O) groups excluding carboxylic acids is 1. The maximum atomic E-state index is 11.5. The molecule has 0 fully saturated rings. The zero-order valence-corrected chi connectivity index (χ0v) is 14.3. The van der Waals surface area contributed by atoms with Gasteiger partial charge in [0.15, 0.2) is 0 Å². The van der Waals surface area contributed by atoms with Crippen molar-refractivity contribution in [3.8, 4) is 0 Å². The van der Waals surface area contributed by atoms with Crippen LogP contribution in [-0.4, -0.2) is 24.3 Å². The van der Waals surface area contributed by atoms with Crippen molar-refractivity contribution in [3.05, 3.63) is 33.8 Å². The Bertz CT molecular complexity index is 467. The molecule has 4 nitrogen and oxygen atoms in total. The average Bonchev–Trinajstić information content (AvgIpc) is 2.30. The summed E-state index contributed by atoms with van der Waals surface area (Å²) >= 11 is 11.9. The predicted molar refractivity (Wildman–Crippen MR) is 87.0 cm³/mol. The van der Waals surface area contributed by atoms with Crippen LogP contribution in [0.15, 0.2) is 18.2 Å². The van der Waals surface area contributed by atoms with Crippen molar-refractivity contribution in [2.24, 2.45) is 0 Å². The van der Waals surface area contributed by atoms with E-state index in [1.54, 1.807) is 6.07 Å². The Labute approximate surface area is 136 Å². The van der Waals surface area contributed by atoms with Gasteiger partial charge in [-0.15, -0.1) is 0 Å². The second kappa shape index (κ2) is 7.87. The van der Waals surface area contributed by atoms with E-state index in [1.165, 1.54) is 0 Å². The smallest absolute Gasteiger partial charge is 0.407 e. The summed E-state index contributed by atoms with van der Waals surface area (Å²) in [6.07, 6.45) is -0.415. The van der Waals surface area contributed by atoms with E-state index in [-0.39, 0.29) is 6.04 Å². The van der Waals surface area contributed by atoms with Gasteiger partial charge in [0, 0.05) is 29.2 Å². The minimum Gasteiger partial charge on any atom is -0.444 e. The van der Waals surface area contributed by atoms with Crippen LogP contribution in [0.5, 0.6) is 0 Å². The Balaban J connectivity index is 2.34. The summed E-state index contributed by atoms with van der Waals surface area (Å²) in [5.74, 6) is 0. The molecule has 0 aliphatic carbocycles. The standard InChI is InChI=1S/C15H22Cl2N2O2/c1-10(8-19-14(20)21-15(2,3)4)18-9-11-5-12(16)7-13(17)6-11/h5-7,10,18H,8-9H2,1-4H3,(H,19,20). The van der Waals surface area contributed by atoms with Crippen molar-refractivity contribution in [3.63, 3.8) is 0 Å². The first-order valence-electron chi connectivity index (χ1n) is 6.81. The summed E-state index contributed by atoms with van der Waals surface area (Å²) in [6.45, 7) is 8.57. The summed E-state index contributed by atoms with van der Waals surface area (Å²) in [7, 11) is 0. The van der Waals surface area contributed by atoms with Crippen LogP contribution in [0.4, 0.5) is 4.79 Å². The number of alkyl carbamates (subject to hydrolysis) is 1. The lowest BCUT2D eigenvalue weighted by atomic mass is 10.2. The van der Waals surface area contributed by atoms with E-state index < -0.39 is 11.7 Å². The maximum absolute atomic E-state index is 11.5. The third-order valence-electron chi connectivity index (χ3n) is 2.53. The van der Waals surface area contributed by atoms with Gasteiger partial charge in [-0.2, -0.15) is 0 Å². The first kappa shape index (κ1) is 18.1. The largest absolute Gasteiger partial charge is 0.444 e. The fourth-order valence-electron chi connectivity index (χ4n) is 1.63. The highest BCUT2D eigenvalue weighted by Crippen LogP contribution is 2.18. The van der Waals surface area contributed by atoms with Crippen LogP contribution in [0.2, 0.25) is 10.0 Å². The summed E-state index contributed by atoms with van der Waals surface area (Å²) < 4.78 is 5.17. The summed E-state index contributed by atoms with van der Waals surface area (Å²) in [4.78, 5) is 11.5. The van der Waals surface area contributed by atoms with Gasteiger partial charge >= 0.3 is 6.09 Å². The fraction of sp³-hybridized carbons (Fsp3) is 0.533. The molecule has 0 spiro atoms. The van der Waals surface area contributed by atoms with E-state index in [1.807, 2.05) is 39.8 Å². The van der Waals surface area contributed by atoms with E-state index in [0.717, 1.165) is 5.56 Å². The van der Waals surface area contributed by atoms with Gasteiger partial charge in [0.2, 0.25) is 0 Å². The normalized spacial score (nSPS) is 12.9. The SMILES string of the molecule is CC(CNC(=O)OC(C)(C)C)NCc1cc(Cl)cc(Cl)c1. The molecule has 0 radical (unpaired) electrons. The molecule has 1 aromatic rings. The molecule has 2 N–H and O–H groups in total. The highest BCUT2D eigenvalue weighted by molar-refractivity contribution is 6.34. The number of hydrogen-bond acceptors (Lipinski definition) is 3. The number of hydrogen-bond donors (Lipinski definition) is 2. The number of nitrogens with one attached hydrogen (secondary N) is 2. The average molecular weight is 333 g/mol. The van der Waals surface area contributed by atoms with Gasteiger partial charge in [-0.1, -0.05) is 23.2 Å². The zero-order chi connectivity index (χ0) is 16.0. The Morgan fingerprint density at radius 1 is 1.24 bits per heavy atom. The van der Waals surface area contributed by atoms with Gasteiger partial charge in [0.05, 0.1) is 0 Å². The number of halogens is 2. The van der Waals surface area contributed by atoms with Crippen molar-refractivity contribution in [1.29, 1.82) is 0 Å². The molecule has 0 bridgehead atoms. The molecule has 1 aromatic carbocycles. The van der Waals surface area contributed by atoms with Gasteiger partial charge in [-0.25, -0.2) is 4.79 Å². The topological polar surface area (TPSA) is 50.4 Å². The molecule has 0 aromatic heterocycles. The highest BCUT2D eigenvalue weighted by atomic mass is 35.5. The lowest BCUT2D eigenvalue weighted by Gasteiger charge is -2.21. The number of ether oxygens (including phenoxy) is 1. The van der Waals surface area contributed by atoms with E-state index in [9.17, 15) is 4.79 Å². The molecular weight excluding hydrogens is 311 g/mol. The molecule has 0 saturated heterocycles. The highest BCUT2D eigenvalue weighted by Gasteiger charge is 2.16. The first-order valence-corrected chi connectivity index (χ1v) is 7.56. The molecule has 21 heavy (non-hydrogen) atoms. The Kier molecular flexibility index (Phi) is 6.78.